The van der Waals surface area contributed by atoms with E-state index in [-0.39, 0.29) is 30.3 Å². The summed E-state index contributed by atoms with van der Waals surface area (Å²) in [4.78, 5) is 27.2. The monoisotopic (exact) mass is 408 g/mol. The zero-order valence-electron chi connectivity index (χ0n) is 16.7. The lowest BCUT2D eigenvalue weighted by Gasteiger charge is -2.33. The van der Waals surface area contributed by atoms with Crippen molar-refractivity contribution in [1.29, 1.82) is 0 Å². The molecule has 1 aromatic rings. The van der Waals surface area contributed by atoms with Crippen LogP contribution < -0.4 is 16.0 Å². The Labute approximate surface area is 174 Å². The van der Waals surface area contributed by atoms with Crippen molar-refractivity contribution in [2.45, 2.75) is 58.0 Å². The summed E-state index contributed by atoms with van der Waals surface area (Å²) in [7, 11) is 0. The molecule has 6 nitrogen and oxygen atoms in total. The van der Waals surface area contributed by atoms with Gasteiger partial charge in [-0.3, -0.25) is 4.79 Å². The van der Waals surface area contributed by atoms with Crippen LogP contribution in [0.25, 0.3) is 0 Å². The second-order valence-corrected chi connectivity index (χ2v) is 7.64. The Balaban J connectivity index is 0.00000280. The highest BCUT2D eigenvalue weighted by Crippen LogP contribution is 2.22. The Hall–Kier alpha value is -1.79. The van der Waals surface area contributed by atoms with Gasteiger partial charge < -0.3 is 20.9 Å². The molecule has 3 amide bonds. The van der Waals surface area contributed by atoms with Crippen LogP contribution in [-0.2, 0) is 11.3 Å². The third kappa shape index (κ3) is 6.11. The molecule has 3 rings (SSSR count). The highest BCUT2D eigenvalue weighted by Gasteiger charge is 2.30. The number of nitrogens with one attached hydrogen (secondary N) is 3. The first-order valence-corrected chi connectivity index (χ1v) is 10.3. The Morgan fingerprint density at radius 2 is 1.86 bits per heavy atom. The third-order valence-electron chi connectivity index (χ3n) is 5.60. The molecule has 0 radical (unpaired) electrons. The molecule has 1 atom stereocenters. The average Bonchev–Trinajstić information content (AvgIpc) is 3.20. The van der Waals surface area contributed by atoms with E-state index >= 15 is 0 Å². The number of piperidine rings is 1. The summed E-state index contributed by atoms with van der Waals surface area (Å²) in [5.41, 5.74) is 1.94. The minimum absolute atomic E-state index is 0. The number of likely N-dealkylation sites (tertiary alicyclic amines) is 1. The van der Waals surface area contributed by atoms with Crippen molar-refractivity contribution in [2.24, 2.45) is 5.92 Å². The first-order chi connectivity index (χ1) is 13.2. The number of urea groups is 1. The van der Waals surface area contributed by atoms with Gasteiger partial charge in [-0.15, -0.1) is 12.4 Å². The molecule has 156 valence electrons. The van der Waals surface area contributed by atoms with E-state index in [0.29, 0.717) is 12.6 Å². The van der Waals surface area contributed by atoms with Crippen LogP contribution in [0.4, 0.5) is 10.5 Å². The zero-order valence-corrected chi connectivity index (χ0v) is 17.5. The van der Waals surface area contributed by atoms with E-state index in [2.05, 4.69) is 22.9 Å². The van der Waals surface area contributed by atoms with Gasteiger partial charge in [0.25, 0.3) is 0 Å². The number of para-hydroxylation sites is 1. The lowest BCUT2D eigenvalue weighted by molar-refractivity contribution is -0.121. The molecule has 1 saturated heterocycles. The van der Waals surface area contributed by atoms with Crippen molar-refractivity contribution in [1.82, 2.24) is 15.5 Å². The van der Waals surface area contributed by atoms with Crippen LogP contribution in [0, 0.1) is 5.92 Å². The lowest BCUT2D eigenvalue weighted by atomic mass is 9.97. The van der Waals surface area contributed by atoms with E-state index in [1.165, 1.54) is 12.8 Å². The number of hydrogen-bond acceptors (Lipinski definition) is 3. The van der Waals surface area contributed by atoms with E-state index in [9.17, 15) is 9.59 Å². The van der Waals surface area contributed by atoms with Crippen LogP contribution in [0.3, 0.4) is 0 Å². The standard InChI is InChI=1S/C21H32N4O2.ClH/c1-2-22-14-16-8-3-6-12-19(16)24-20(26)17-9-7-13-25(15-17)21(27)23-18-10-4-5-11-18;/h3,6,8,12,17-18,22H,2,4-5,7,9-11,13-15H2,1H3,(H,23,27)(H,24,26);1H. The molecule has 1 aliphatic heterocycles. The van der Waals surface area contributed by atoms with E-state index in [0.717, 1.165) is 56.6 Å². The number of halogens is 1. The van der Waals surface area contributed by atoms with Gasteiger partial charge in [0, 0.05) is 31.4 Å². The number of rotatable bonds is 6. The van der Waals surface area contributed by atoms with Gasteiger partial charge in [-0.25, -0.2) is 4.79 Å². The third-order valence-corrected chi connectivity index (χ3v) is 5.60. The molecule has 1 heterocycles. The highest BCUT2D eigenvalue weighted by atomic mass is 35.5. The number of hydrogen-bond donors (Lipinski definition) is 3. The maximum absolute atomic E-state index is 12.8. The summed E-state index contributed by atoms with van der Waals surface area (Å²) in [6.07, 6.45) is 6.24. The first kappa shape index (κ1) is 22.5. The smallest absolute Gasteiger partial charge is 0.317 e. The van der Waals surface area contributed by atoms with Crippen molar-refractivity contribution in [3.63, 3.8) is 0 Å². The van der Waals surface area contributed by atoms with E-state index in [1.807, 2.05) is 29.2 Å². The van der Waals surface area contributed by atoms with Gasteiger partial charge in [-0.2, -0.15) is 0 Å². The number of anilines is 1. The quantitative estimate of drug-likeness (QED) is 0.674. The molecule has 1 aliphatic carbocycles. The number of benzene rings is 1. The van der Waals surface area contributed by atoms with Crippen LogP contribution in [-0.4, -0.2) is 42.5 Å². The summed E-state index contributed by atoms with van der Waals surface area (Å²) < 4.78 is 0. The Morgan fingerprint density at radius 1 is 1.11 bits per heavy atom. The van der Waals surface area contributed by atoms with E-state index in [4.69, 9.17) is 0 Å². The molecule has 28 heavy (non-hydrogen) atoms. The average molecular weight is 409 g/mol. The van der Waals surface area contributed by atoms with Gasteiger partial charge >= 0.3 is 6.03 Å². The maximum atomic E-state index is 12.8. The molecule has 1 aromatic carbocycles. The van der Waals surface area contributed by atoms with E-state index < -0.39 is 0 Å². The minimum atomic E-state index is -0.153. The second-order valence-electron chi connectivity index (χ2n) is 7.64. The molecule has 2 aliphatic rings. The fourth-order valence-electron chi connectivity index (χ4n) is 4.00. The molecule has 2 fully saturated rings. The summed E-state index contributed by atoms with van der Waals surface area (Å²) in [5, 5.41) is 9.52. The van der Waals surface area contributed by atoms with Gasteiger partial charge in [-0.1, -0.05) is 38.0 Å². The van der Waals surface area contributed by atoms with Gasteiger partial charge in [-0.05, 0) is 43.9 Å². The molecule has 0 spiro atoms. The van der Waals surface area contributed by atoms with Crippen molar-refractivity contribution in [3.05, 3.63) is 29.8 Å². The van der Waals surface area contributed by atoms with Gasteiger partial charge in [0.05, 0.1) is 5.92 Å². The van der Waals surface area contributed by atoms with Crippen LogP contribution in [0.2, 0.25) is 0 Å². The predicted octanol–water partition coefficient (Wildman–Crippen LogP) is 3.52. The normalized spacial score (nSPS) is 19.8. The molecule has 1 unspecified atom stereocenters. The summed E-state index contributed by atoms with van der Waals surface area (Å²) in [6, 6.07) is 8.20. The molecule has 7 heteroatoms. The van der Waals surface area contributed by atoms with Crippen LogP contribution in [0.15, 0.2) is 24.3 Å². The zero-order chi connectivity index (χ0) is 19.1. The van der Waals surface area contributed by atoms with Gasteiger partial charge in [0.2, 0.25) is 5.91 Å². The molecular weight excluding hydrogens is 376 g/mol. The molecule has 1 saturated carbocycles. The topological polar surface area (TPSA) is 73.5 Å². The number of carbonyl (C=O) groups is 2. The first-order valence-electron chi connectivity index (χ1n) is 10.3. The van der Waals surface area contributed by atoms with Crippen molar-refractivity contribution in [3.8, 4) is 0 Å². The Bertz CT molecular complexity index is 649. The van der Waals surface area contributed by atoms with Crippen molar-refractivity contribution in [2.75, 3.05) is 25.0 Å². The summed E-state index contributed by atoms with van der Waals surface area (Å²) in [5.74, 6) is -0.141. The number of nitrogens with zero attached hydrogens (tertiary/aromatic N) is 1. The van der Waals surface area contributed by atoms with E-state index in [1.54, 1.807) is 0 Å². The lowest BCUT2D eigenvalue weighted by Crippen LogP contribution is -2.49. The minimum Gasteiger partial charge on any atom is -0.335 e. The fourth-order valence-corrected chi connectivity index (χ4v) is 4.00. The Kier molecular flexibility index (Phi) is 9.06. The van der Waals surface area contributed by atoms with Crippen LogP contribution >= 0.6 is 12.4 Å². The van der Waals surface area contributed by atoms with Crippen molar-refractivity contribution >= 4 is 30.0 Å². The molecule has 0 bridgehead atoms. The highest BCUT2D eigenvalue weighted by molar-refractivity contribution is 5.93. The predicted molar refractivity (Wildman–Crippen MR) is 115 cm³/mol. The second kappa shape index (κ2) is 11.3. The fraction of sp³-hybridized carbons (Fsp3) is 0.619. The Morgan fingerprint density at radius 3 is 2.61 bits per heavy atom. The van der Waals surface area contributed by atoms with Crippen molar-refractivity contribution < 1.29 is 9.59 Å². The summed E-state index contributed by atoms with van der Waals surface area (Å²) >= 11 is 0. The SMILES string of the molecule is CCNCc1ccccc1NC(=O)C1CCCN(C(=O)NC2CCCC2)C1.Cl. The number of carbonyl (C=O) groups excluding carboxylic acids is 2. The number of amides is 3. The largest absolute Gasteiger partial charge is 0.335 e. The molecule has 0 aromatic heterocycles. The van der Waals surface area contributed by atoms with Gasteiger partial charge in [0.1, 0.15) is 0 Å². The van der Waals surface area contributed by atoms with Gasteiger partial charge in [0.15, 0.2) is 0 Å². The summed E-state index contributed by atoms with van der Waals surface area (Å²) in [6.45, 7) is 4.91. The van der Waals surface area contributed by atoms with Crippen LogP contribution in [0.1, 0.15) is 51.0 Å². The molecule has 3 N–H and O–H groups in total. The van der Waals surface area contributed by atoms with Crippen LogP contribution in [0.5, 0.6) is 0 Å². The molecular formula is C21H33ClN4O2. The maximum Gasteiger partial charge on any atom is 0.317 e.